The van der Waals surface area contributed by atoms with Crippen molar-refractivity contribution in [3.63, 3.8) is 0 Å². The van der Waals surface area contributed by atoms with Crippen LogP contribution in [0.15, 0.2) is 30.4 Å². The fourth-order valence-corrected chi connectivity index (χ4v) is 2.35. The predicted molar refractivity (Wildman–Crippen MR) is 67.9 cm³/mol. The molecule has 16 heavy (non-hydrogen) atoms. The van der Waals surface area contributed by atoms with E-state index in [0.717, 1.165) is 24.8 Å². The van der Waals surface area contributed by atoms with Crippen molar-refractivity contribution in [1.29, 1.82) is 0 Å². The molecular formula is C13H14Cl2O. The summed E-state index contributed by atoms with van der Waals surface area (Å²) in [6, 6.07) is 5.31. The molecular weight excluding hydrogens is 243 g/mol. The summed E-state index contributed by atoms with van der Waals surface area (Å²) in [5.74, 6) is 0.200. The molecule has 0 heterocycles. The van der Waals surface area contributed by atoms with Crippen LogP contribution in [-0.4, -0.2) is 5.11 Å². The maximum atomic E-state index is 10.2. The number of aliphatic hydroxyl groups excluding tert-OH is 1. The standard InChI is InChI=1S/C13H14Cl2O/c14-11-7-6-10(8-12(11)15)13(16)9-4-2-1-3-5-9/h2,4,6-9,13,16H,1,3,5H2/t9-,13-/m1/s1. The van der Waals surface area contributed by atoms with E-state index in [4.69, 9.17) is 23.2 Å². The van der Waals surface area contributed by atoms with E-state index in [1.54, 1.807) is 12.1 Å². The first-order valence-electron chi connectivity index (χ1n) is 5.48. The lowest BCUT2D eigenvalue weighted by Crippen LogP contribution is -2.12. The van der Waals surface area contributed by atoms with Crippen LogP contribution in [0, 0.1) is 5.92 Å². The smallest absolute Gasteiger partial charge is 0.0853 e. The highest BCUT2D eigenvalue weighted by Gasteiger charge is 2.20. The first-order valence-corrected chi connectivity index (χ1v) is 6.24. The molecule has 0 spiro atoms. The molecule has 2 rings (SSSR count). The van der Waals surface area contributed by atoms with Crippen LogP contribution in [-0.2, 0) is 0 Å². The first kappa shape index (κ1) is 12.0. The van der Waals surface area contributed by atoms with E-state index in [1.165, 1.54) is 0 Å². The zero-order chi connectivity index (χ0) is 11.5. The summed E-state index contributed by atoms with van der Waals surface area (Å²) in [5, 5.41) is 11.2. The second-order valence-corrected chi connectivity index (χ2v) is 4.96. The molecule has 86 valence electrons. The largest absolute Gasteiger partial charge is 0.388 e. The summed E-state index contributed by atoms with van der Waals surface area (Å²) in [6.07, 6.45) is 7.03. The van der Waals surface area contributed by atoms with Crippen LogP contribution in [0.3, 0.4) is 0 Å². The molecule has 0 aromatic heterocycles. The Balaban J connectivity index is 2.19. The van der Waals surface area contributed by atoms with Crippen LogP contribution in [0.25, 0.3) is 0 Å². The molecule has 0 aliphatic heterocycles. The third kappa shape index (κ3) is 2.60. The van der Waals surface area contributed by atoms with Crippen molar-refractivity contribution in [2.75, 3.05) is 0 Å². The molecule has 1 N–H and O–H groups in total. The molecule has 0 fully saturated rings. The molecule has 0 radical (unpaired) electrons. The van der Waals surface area contributed by atoms with Gasteiger partial charge in [0, 0.05) is 5.92 Å². The lowest BCUT2D eigenvalue weighted by Gasteiger charge is -2.22. The normalized spacial score (nSPS) is 22.1. The van der Waals surface area contributed by atoms with E-state index >= 15 is 0 Å². The van der Waals surface area contributed by atoms with Gasteiger partial charge in [-0.2, -0.15) is 0 Å². The number of halogens is 2. The topological polar surface area (TPSA) is 20.2 Å². The third-order valence-electron chi connectivity index (χ3n) is 2.98. The van der Waals surface area contributed by atoms with Crippen molar-refractivity contribution in [3.8, 4) is 0 Å². The van der Waals surface area contributed by atoms with Gasteiger partial charge in [0.05, 0.1) is 16.1 Å². The Morgan fingerprint density at radius 3 is 2.69 bits per heavy atom. The van der Waals surface area contributed by atoms with Gasteiger partial charge in [-0.05, 0) is 37.0 Å². The first-order chi connectivity index (χ1) is 7.68. The molecule has 1 aliphatic carbocycles. The average molecular weight is 257 g/mol. The molecule has 0 bridgehead atoms. The zero-order valence-corrected chi connectivity index (χ0v) is 10.4. The lowest BCUT2D eigenvalue weighted by atomic mass is 9.87. The van der Waals surface area contributed by atoms with Crippen LogP contribution in [0.1, 0.15) is 30.9 Å². The summed E-state index contributed by atoms with van der Waals surface area (Å²) < 4.78 is 0. The summed E-state index contributed by atoms with van der Waals surface area (Å²) in [5.41, 5.74) is 0.839. The highest BCUT2D eigenvalue weighted by molar-refractivity contribution is 6.42. The monoisotopic (exact) mass is 256 g/mol. The molecule has 0 unspecified atom stereocenters. The third-order valence-corrected chi connectivity index (χ3v) is 3.72. The molecule has 2 atom stereocenters. The van der Waals surface area contributed by atoms with Crippen LogP contribution < -0.4 is 0 Å². The van der Waals surface area contributed by atoms with Gasteiger partial charge in [0.25, 0.3) is 0 Å². The van der Waals surface area contributed by atoms with Gasteiger partial charge in [0.2, 0.25) is 0 Å². The fraction of sp³-hybridized carbons (Fsp3) is 0.385. The minimum absolute atomic E-state index is 0.200. The molecule has 1 aliphatic rings. The molecule has 0 saturated carbocycles. The van der Waals surface area contributed by atoms with Gasteiger partial charge >= 0.3 is 0 Å². The number of aliphatic hydroxyl groups is 1. The molecule has 1 aromatic rings. The van der Waals surface area contributed by atoms with Gasteiger partial charge in [-0.25, -0.2) is 0 Å². The second kappa shape index (κ2) is 5.22. The maximum absolute atomic E-state index is 10.2. The highest BCUT2D eigenvalue weighted by atomic mass is 35.5. The van der Waals surface area contributed by atoms with E-state index in [2.05, 4.69) is 12.2 Å². The number of rotatable bonds is 2. The Kier molecular flexibility index (Phi) is 3.91. The molecule has 0 saturated heterocycles. The SMILES string of the molecule is O[C@@H](c1ccc(Cl)c(Cl)c1)[C@@H]1C=CCCC1. The predicted octanol–water partition coefficient (Wildman–Crippen LogP) is 4.38. The lowest BCUT2D eigenvalue weighted by molar-refractivity contribution is 0.123. The van der Waals surface area contributed by atoms with E-state index < -0.39 is 6.10 Å². The Hall–Kier alpha value is -0.500. The van der Waals surface area contributed by atoms with Gasteiger partial charge in [0.15, 0.2) is 0 Å². The van der Waals surface area contributed by atoms with E-state index in [9.17, 15) is 5.11 Å². The molecule has 0 amide bonds. The average Bonchev–Trinajstić information content (AvgIpc) is 2.33. The molecule has 1 nitrogen and oxygen atoms in total. The van der Waals surface area contributed by atoms with Crippen LogP contribution >= 0.6 is 23.2 Å². The Morgan fingerprint density at radius 2 is 2.06 bits per heavy atom. The number of hydrogen-bond donors (Lipinski definition) is 1. The van der Waals surface area contributed by atoms with Gasteiger partial charge < -0.3 is 5.11 Å². The summed E-state index contributed by atoms with van der Waals surface area (Å²) in [4.78, 5) is 0. The fourth-order valence-electron chi connectivity index (χ4n) is 2.05. The Bertz CT molecular complexity index is 401. The minimum atomic E-state index is -0.480. The van der Waals surface area contributed by atoms with Crippen molar-refractivity contribution in [2.24, 2.45) is 5.92 Å². The van der Waals surface area contributed by atoms with Crippen molar-refractivity contribution < 1.29 is 5.11 Å². The van der Waals surface area contributed by atoms with Crippen molar-refractivity contribution in [1.82, 2.24) is 0 Å². The molecule has 1 aromatic carbocycles. The van der Waals surface area contributed by atoms with Crippen molar-refractivity contribution in [3.05, 3.63) is 46.0 Å². The van der Waals surface area contributed by atoms with Crippen LogP contribution in [0.4, 0.5) is 0 Å². The van der Waals surface area contributed by atoms with Gasteiger partial charge in [-0.15, -0.1) is 0 Å². The maximum Gasteiger partial charge on any atom is 0.0853 e. The minimum Gasteiger partial charge on any atom is -0.388 e. The number of hydrogen-bond acceptors (Lipinski definition) is 1. The van der Waals surface area contributed by atoms with E-state index in [0.29, 0.717) is 10.0 Å². The van der Waals surface area contributed by atoms with Gasteiger partial charge in [0.1, 0.15) is 0 Å². The highest BCUT2D eigenvalue weighted by Crippen LogP contribution is 2.33. The van der Waals surface area contributed by atoms with Crippen molar-refractivity contribution in [2.45, 2.75) is 25.4 Å². The Morgan fingerprint density at radius 1 is 1.25 bits per heavy atom. The quantitative estimate of drug-likeness (QED) is 0.779. The molecule has 3 heteroatoms. The van der Waals surface area contributed by atoms with Gasteiger partial charge in [-0.1, -0.05) is 41.4 Å². The number of benzene rings is 1. The second-order valence-electron chi connectivity index (χ2n) is 4.14. The van der Waals surface area contributed by atoms with Crippen LogP contribution in [0.5, 0.6) is 0 Å². The number of allylic oxidation sites excluding steroid dienone is 1. The Labute approximate surface area is 106 Å². The summed E-state index contributed by atoms with van der Waals surface area (Å²) >= 11 is 11.8. The van der Waals surface area contributed by atoms with Crippen LogP contribution in [0.2, 0.25) is 10.0 Å². The summed E-state index contributed by atoms with van der Waals surface area (Å²) in [6.45, 7) is 0. The van der Waals surface area contributed by atoms with E-state index in [1.807, 2.05) is 6.07 Å². The summed E-state index contributed by atoms with van der Waals surface area (Å²) in [7, 11) is 0. The van der Waals surface area contributed by atoms with Gasteiger partial charge in [-0.3, -0.25) is 0 Å². The van der Waals surface area contributed by atoms with Crippen molar-refractivity contribution >= 4 is 23.2 Å². The zero-order valence-electron chi connectivity index (χ0n) is 8.87. The van der Waals surface area contributed by atoms with E-state index in [-0.39, 0.29) is 5.92 Å².